The molecule has 0 atom stereocenters. The van der Waals surface area contributed by atoms with Crippen molar-refractivity contribution in [2.45, 2.75) is 0 Å². The molecular formula is C14H11FN2O4. The maximum Gasteiger partial charge on any atom is 0.270 e. The van der Waals surface area contributed by atoms with Crippen molar-refractivity contribution in [2.24, 2.45) is 0 Å². The Morgan fingerprint density at radius 3 is 2.67 bits per heavy atom. The monoisotopic (exact) mass is 290 g/mol. The molecule has 2 aromatic rings. The van der Waals surface area contributed by atoms with Crippen molar-refractivity contribution in [2.75, 3.05) is 12.4 Å². The van der Waals surface area contributed by atoms with E-state index in [0.29, 0.717) is 11.4 Å². The van der Waals surface area contributed by atoms with Crippen LogP contribution < -0.4 is 10.1 Å². The van der Waals surface area contributed by atoms with Crippen molar-refractivity contribution in [3.8, 4) is 5.75 Å². The molecule has 0 unspecified atom stereocenters. The van der Waals surface area contributed by atoms with E-state index in [1.165, 1.54) is 7.11 Å². The van der Waals surface area contributed by atoms with E-state index in [-0.39, 0.29) is 5.69 Å². The minimum atomic E-state index is -0.840. The predicted molar refractivity (Wildman–Crippen MR) is 74.0 cm³/mol. The summed E-state index contributed by atoms with van der Waals surface area (Å²) in [6.07, 6.45) is 0. The average Bonchev–Trinajstić information content (AvgIpc) is 2.47. The fraction of sp³-hybridized carbons (Fsp3) is 0.0714. The molecule has 0 heterocycles. The summed E-state index contributed by atoms with van der Waals surface area (Å²) in [7, 11) is 1.43. The zero-order chi connectivity index (χ0) is 15.4. The predicted octanol–water partition coefficient (Wildman–Crippen LogP) is 2.99. The van der Waals surface area contributed by atoms with Crippen LogP contribution in [-0.2, 0) is 0 Å². The van der Waals surface area contributed by atoms with Crippen LogP contribution in [0.1, 0.15) is 10.4 Å². The third-order valence-corrected chi connectivity index (χ3v) is 2.76. The van der Waals surface area contributed by atoms with Gasteiger partial charge in [-0.15, -0.1) is 0 Å². The van der Waals surface area contributed by atoms with Crippen molar-refractivity contribution in [3.63, 3.8) is 0 Å². The van der Waals surface area contributed by atoms with Gasteiger partial charge in [-0.2, -0.15) is 0 Å². The summed E-state index contributed by atoms with van der Waals surface area (Å²) in [5, 5.41) is 13.1. The summed E-state index contributed by atoms with van der Waals surface area (Å²) in [6, 6.07) is 9.35. The Bertz CT molecular complexity index is 703. The van der Waals surface area contributed by atoms with Crippen molar-refractivity contribution in [3.05, 3.63) is 64.0 Å². The van der Waals surface area contributed by atoms with Crippen LogP contribution in [0.2, 0.25) is 0 Å². The van der Waals surface area contributed by atoms with E-state index >= 15 is 0 Å². The minimum Gasteiger partial charge on any atom is -0.495 e. The number of nitro groups is 1. The van der Waals surface area contributed by atoms with Crippen LogP contribution in [0, 0.1) is 15.9 Å². The number of nitro benzene ring substituents is 1. The van der Waals surface area contributed by atoms with Gasteiger partial charge in [0.05, 0.1) is 23.3 Å². The summed E-state index contributed by atoms with van der Waals surface area (Å²) >= 11 is 0. The molecule has 2 rings (SSSR count). The lowest BCUT2D eigenvalue weighted by Crippen LogP contribution is -2.14. The highest BCUT2D eigenvalue weighted by atomic mass is 19.1. The maximum absolute atomic E-state index is 13.7. The second-order valence-electron chi connectivity index (χ2n) is 4.08. The molecule has 0 saturated heterocycles. The Balaban J connectivity index is 2.32. The molecule has 21 heavy (non-hydrogen) atoms. The summed E-state index contributed by atoms with van der Waals surface area (Å²) < 4.78 is 18.7. The van der Waals surface area contributed by atoms with Gasteiger partial charge in [0.25, 0.3) is 11.6 Å². The first-order chi connectivity index (χ1) is 10.0. The molecule has 0 spiro atoms. The quantitative estimate of drug-likeness (QED) is 0.693. The Labute approximate surface area is 119 Å². The van der Waals surface area contributed by atoms with Gasteiger partial charge in [-0.25, -0.2) is 4.39 Å². The van der Waals surface area contributed by atoms with Gasteiger partial charge in [0.15, 0.2) is 0 Å². The van der Waals surface area contributed by atoms with Crippen LogP contribution >= 0.6 is 0 Å². The zero-order valence-electron chi connectivity index (χ0n) is 11.0. The number of rotatable bonds is 4. The molecule has 6 nitrogen and oxygen atoms in total. The number of methoxy groups -OCH3 is 1. The average molecular weight is 290 g/mol. The number of hydrogen-bond donors (Lipinski definition) is 1. The maximum atomic E-state index is 13.7. The van der Waals surface area contributed by atoms with Gasteiger partial charge in [0.2, 0.25) is 0 Å². The van der Waals surface area contributed by atoms with E-state index in [9.17, 15) is 19.3 Å². The number of para-hydroxylation sites is 2. The number of non-ortho nitro benzene ring substituents is 1. The number of nitrogens with one attached hydrogen (secondary N) is 1. The molecule has 1 N–H and O–H groups in total. The number of hydrogen-bond acceptors (Lipinski definition) is 4. The van der Waals surface area contributed by atoms with Gasteiger partial charge in [-0.05, 0) is 18.2 Å². The highest BCUT2D eigenvalue weighted by molar-refractivity contribution is 6.05. The normalized spacial score (nSPS) is 10.0. The lowest BCUT2D eigenvalue weighted by molar-refractivity contribution is -0.384. The molecule has 7 heteroatoms. The van der Waals surface area contributed by atoms with Gasteiger partial charge in [0.1, 0.15) is 11.6 Å². The standard InChI is InChI=1S/C14H11FN2O4/c1-21-13-5-3-2-4-12(13)16-14(18)10-8-9(17(19)20)6-7-11(10)15/h2-8H,1H3,(H,16,18). The summed E-state index contributed by atoms with van der Waals surface area (Å²) in [5.41, 5.74) is -0.424. The third-order valence-electron chi connectivity index (χ3n) is 2.76. The molecule has 0 aliphatic heterocycles. The molecule has 2 aromatic carbocycles. The van der Waals surface area contributed by atoms with Crippen LogP contribution in [0.4, 0.5) is 15.8 Å². The van der Waals surface area contributed by atoms with Crippen LogP contribution in [-0.4, -0.2) is 17.9 Å². The van der Waals surface area contributed by atoms with Gasteiger partial charge in [0, 0.05) is 12.1 Å². The number of carbonyl (C=O) groups excluding carboxylic acids is 1. The van der Waals surface area contributed by atoms with Crippen molar-refractivity contribution in [1.82, 2.24) is 0 Å². The Kier molecular flexibility index (Phi) is 4.13. The zero-order valence-corrected chi connectivity index (χ0v) is 11.0. The Hall–Kier alpha value is -2.96. The highest BCUT2D eigenvalue weighted by Gasteiger charge is 2.18. The van der Waals surface area contributed by atoms with Gasteiger partial charge in [-0.3, -0.25) is 14.9 Å². The van der Waals surface area contributed by atoms with Gasteiger partial charge in [-0.1, -0.05) is 12.1 Å². The number of amides is 1. The molecule has 0 saturated carbocycles. The highest BCUT2D eigenvalue weighted by Crippen LogP contribution is 2.25. The fourth-order valence-corrected chi connectivity index (χ4v) is 1.74. The lowest BCUT2D eigenvalue weighted by Gasteiger charge is -2.10. The van der Waals surface area contributed by atoms with E-state index in [2.05, 4.69) is 5.32 Å². The molecule has 0 bridgehead atoms. The minimum absolute atomic E-state index is 0.343. The number of nitrogens with zero attached hydrogens (tertiary/aromatic N) is 1. The SMILES string of the molecule is COc1ccccc1NC(=O)c1cc([N+](=O)[O-])ccc1F. The second-order valence-corrected chi connectivity index (χ2v) is 4.08. The van der Waals surface area contributed by atoms with Crippen LogP contribution in [0.15, 0.2) is 42.5 Å². The smallest absolute Gasteiger partial charge is 0.270 e. The number of benzene rings is 2. The molecule has 0 aliphatic rings. The van der Waals surface area contributed by atoms with E-state index in [0.717, 1.165) is 18.2 Å². The number of carbonyl (C=O) groups is 1. The van der Waals surface area contributed by atoms with Crippen molar-refractivity contribution in [1.29, 1.82) is 0 Å². The topological polar surface area (TPSA) is 81.5 Å². The molecule has 0 radical (unpaired) electrons. The number of halogens is 1. The summed E-state index contributed by atoms with van der Waals surface area (Å²) in [6.45, 7) is 0. The number of anilines is 1. The number of ether oxygens (including phenoxy) is 1. The first-order valence-corrected chi connectivity index (χ1v) is 5.91. The van der Waals surface area contributed by atoms with Crippen LogP contribution in [0.25, 0.3) is 0 Å². The van der Waals surface area contributed by atoms with Gasteiger partial charge >= 0.3 is 0 Å². The Morgan fingerprint density at radius 1 is 1.29 bits per heavy atom. The van der Waals surface area contributed by atoms with Crippen LogP contribution in [0.5, 0.6) is 5.75 Å². The molecule has 0 aliphatic carbocycles. The Morgan fingerprint density at radius 2 is 2.00 bits per heavy atom. The molecule has 1 amide bonds. The largest absolute Gasteiger partial charge is 0.495 e. The van der Waals surface area contributed by atoms with E-state index in [1.807, 2.05) is 0 Å². The van der Waals surface area contributed by atoms with Gasteiger partial charge < -0.3 is 10.1 Å². The first kappa shape index (κ1) is 14.4. The van der Waals surface area contributed by atoms with Crippen molar-refractivity contribution < 1.29 is 18.8 Å². The fourth-order valence-electron chi connectivity index (χ4n) is 1.74. The molecular weight excluding hydrogens is 279 g/mol. The van der Waals surface area contributed by atoms with E-state index in [1.54, 1.807) is 24.3 Å². The molecule has 0 fully saturated rings. The van der Waals surface area contributed by atoms with Crippen LogP contribution in [0.3, 0.4) is 0 Å². The van der Waals surface area contributed by atoms with E-state index in [4.69, 9.17) is 4.74 Å². The van der Waals surface area contributed by atoms with E-state index < -0.39 is 22.2 Å². The molecule has 0 aromatic heterocycles. The van der Waals surface area contributed by atoms with Crippen molar-refractivity contribution >= 4 is 17.3 Å². The molecule has 108 valence electrons. The second kappa shape index (κ2) is 6.00. The first-order valence-electron chi connectivity index (χ1n) is 5.91. The summed E-state index contributed by atoms with van der Waals surface area (Å²) in [4.78, 5) is 22.0. The summed E-state index contributed by atoms with van der Waals surface area (Å²) in [5.74, 6) is -1.23. The third kappa shape index (κ3) is 3.14. The lowest BCUT2D eigenvalue weighted by atomic mass is 10.1.